The Morgan fingerprint density at radius 1 is 0.971 bits per heavy atom. The lowest BCUT2D eigenvalue weighted by atomic mass is 10.2. The van der Waals surface area contributed by atoms with E-state index in [1.165, 1.54) is 42.5 Å². The molecule has 2 N–H and O–H groups in total. The van der Waals surface area contributed by atoms with Crippen molar-refractivity contribution in [3.05, 3.63) is 48.0 Å². The normalized spacial score (nSPS) is 12.9. The van der Waals surface area contributed by atoms with E-state index in [1.54, 1.807) is 6.92 Å². The summed E-state index contributed by atoms with van der Waals surface area (Å²) in [5.41, 5.74) is 0.705. The van der Waals surface area contributed by atoms with Crippen molar-refractivity contribution >= 4 is 33.6 Å². The Hall–Kier alpha value is -3.64. The minimum atomic E-state index is -4.03. The Kier molecular flexibility index (Phi) is 8.44. The molecule has 11 nitrogen and oxygen atoms in total. The molecule has 0 radical (unpaired) electrons. The molecule has 1 heterocycles. The number of fused-ring (bicyclic) bond motifs is 1. The highest BCUT2D eigenvalue weighted by Gasteiger charge is 2.20. The number of ether oxygens (including phenoxy) is 4. The van der Waals surface area contributed by atoms with Crippen molar-refractivity contribution in [1.82, 2.24) is 4.72 Å². The first-order valence-electron chi connectivity index (χ1n) is 10.4. The van der Waals surface area contributed by atoms with Crippen molar-refractivity contribution in [3.8, 4) is 11.5 Å². The molecule has 0 saturated heterocycles. The zero-order valence-electron chi connectivity index (χ0n) is 18.4. The molecule has 0 fully saturated rings. The highest BCUT2D eigenvalue weighted by atomic mass is 32.2. The van der Waals surface area contributed by atoms with Gasteiger partial charge in [-0.1, -0.05) is 0 Å². The molecule has 12 heteroatoms. The van der Waals surface area contributed by atoms with Crippen LogP contribution in [0.2, 0.25) is 0 Å². The zero-order chi connectivity index (χ0) is 24.6. The summed E-state index contributed by atoms with van der Waals surface area (Å²) in [5.74, 6) is -1.32. The highest BCUT2D eigenvalue weighted by Crippen LogP contribution is 2.31. The number of anilines is 1. The van der Waals surface area contributed by atoms with Crippen LogP contribution in [0.5, 0.6) is 11.5 Å². The molecule has 1 aliphatic heterocycles. The summed E-state index contributed by atoms with van der Waals surface area (Å²) in [6.07, 6.45) is 0.674. The third kappa shape index (κ3) is 6.93. The van der Waals surface area contributed by atoms with Gasteiger partial charge in [0.15, 0.2) is 18.1 Å². The Balaban J connectivity index is 1.46. The maximum Gasteiger partial charge on any atom is 0.338 e. The smallest absolute Gasteiger partial charge is 0.338 e. The number of hydrogen-bond donors (Lipinski definition) is 2. The third-order valence-corrected chi connectivity index (χ3v) is 5.88. The molecule has 0 unspecified atom stereocenters. The number of carbonyl (C=O) groups is 3. The minimum Gasteiger partial charge on any atom is -0.490 e. The first kappa shape index (κ1) is 25.0. The zero-order valence-corrected chi connectivity index (χ0v) is 19.2. The highest BCUT2D eigenvalue weighted by molar-refractivity contribution is 7.89. The number of sulfonamides is 1. The van der Waals surface area contributed by atoms with E-state index in [-0.39, 0.29) is 11.5 Å². The van der Waals surface area contributed by atoms with Gasteiger partial charge in [-0.3, -0.25) is 9.59 Å². The van der Waals surface area contributed by atoms with Crippen LogP contribution in [0.1, 0.15) is 23.7 Å². The van der Waals surface area contributed by atoms with E-state index in [2.05, 4.69) is 10.0 Å². The number of esters is 2. The van der Waals surface area contributed by atoms with Crippen LogP contribution in [0, 0.1) is 0 Å². The summed E-state index contributed by atoms with van der Waals surface area (Å²) in [6, 6.07) is 10.1. The first-order chi connectivity index (χ1) is 16.3. The Bertz CT molecular complexity index is 1150. The van der Waals surface area contributed by atoms with Crippen LogP contribution in [0.15, 0.2) is 47.4 Å². The fourth-order valence-corrected chi connectivity index (χ4v) is 3.83. The van der Waals surface area contributed by atoms with Crippen LogP contribution in [-0.4, -0.2) is 59.2 Å². The molecule has 1 amide bonds. The summed E-state index contributed by atoms with van der Waals surface area (Å²) in [4.78, 5) is 35.4. The quantitative estimate of drug-likeness (QED) is 0.497. The lowest BCUT2D eigenvalue weighted by molar-refractivity contribution is -0.146. The summed E-state index contributed by atoms with van der Waals surface area (Å²) in [6.45, 7) is 1.51. The minimum absolute atomic E-state index is 0.103. The van der Waals surface area contributed by atoms with Crippen molar-refractivity contribution in [3.63, 3.8) is 0 Å². The van der Waals surface area contributed by atoms with E-state index in [9.17, 15) is 22.8 Å². The monoisotopic (exact) mass is 492 g/mol. The van der Waals surface area contributed by atoms with E-state index in [1.807, 2.05) is 0 Å². The second-order valence-corrected chi connectivity index (χ2v) is 8.76. The predicted molar refractivity (Wildman–Crippen MR) is 119 cm³/mol. The molecule has 0 saturated carbocycles. The van der Waals surface area contributed by atoms with E-state index in [4.69, 9.17) is 18.9 Å². The number of amides is 1. The topological polar surface area (TPSA) is 146 Å². The van der Waals surface area contributed by atoms with Crippen LogP contribution < -0.4 is 19.5 Å². The second kappa shape index (κ2) is 11.5. The molecule has 0 atom stereocenters. The maximum atomic E-state index is 12.5. The van der Waals surface area contributed by atoms with Crippen molar-refractivity contribution in [2.24, 2.45) is 0 Å². The van der Waals surface area contributed by atoms with Crippen LogP contribution in [0.4, 0.5) is 5.69 Å². The van der Waals surface area contributed by atoms with Gasteiger partial charge in [-0.25, -0.2) is 13.2 Å². The van der Waals surface area contributed by atoms with E-state index >= 15 is 0 Å². The maximum absolute atomic E-state index is 12.5. The van der Waals surface area contributed by atoms with Gasteiger partial charge in [-0.15, -0.1) is 0 Å². The number of hydrogen-bond acceptors (Lipinski definition) is 9. The van der Waals surface area contributed by atoms with Gasteiger partial charge in [-0.2, -0.15) is 4.72 Å². The molecule has 0 aliphatic carbocycles. The number of benzene rings is 2. The molecule has 2 aromatic carbocycles. The molecule has 2 aromatic rings. The summed E-state index contributed by atoms with van der Waals surface area (Å²) < 4.78 is 47.7. The molecule has 0 bridgehead atoms. The lowest BCUT2D eigenvalue weighted by Gasteiger charge is -2.11. The fraction of sp³-hybridized carbons (Fsp3) is 0.318. The van der Waals surface area contributed by atoms with Crippen molar-refractivity contribution in [2.75, 3.05) is 38.3 Å². The van der Waals surface area contributed by atoms with Gasteiger partial charge < -0.3 is 24.3 Å². The van der Waals surface area contributed by atoms with Crippen LogP contribution in [0.25, 0.3) is 0 Å². The van der Waals surface area contributed by atoms with Crippen LogP contribution >= 0.6 is 0 Å². The Labute approximate surface area is 196 Å². The number of nitrogens with one attached hydrogen (secondary N) is 2. The second-order valence-electron chi connectivity index (χ2n) is 6.99. The standard InChI is InChI=1S/C22H24N2O9S/c1-2-30-22(27)15-4-6-16(7-5-15)24-20(25)14-33-21(26)13-23-34(28,29)17-8-9-18-19(12-17)32-11-3-10-31-18/h4-9,12,23H,2-3,10-11,13-14H2,1H3,(H,24,25). The van der Waals surface area contributed by atoms with Gasteiger partial charge in [0, 0.05) is 18.2 Å². The lowest BCUT2D eigenvalue weighted by Crippen LogP contribution is -2.32. The predicted octanol–water partition coefficient (Wildman–Crippen LogP) is 1.48. The van der Waals surface area contributed by atoms with Gasteiger partial charge in [0.05, 0.1) is 30.3 Å². The molecule has 34 heavy (non-hydrogen) atoms. The summed E-state index contributed by atoms with van der Waals surface area (Å²) >= 11 is 0. The molecule has 0 spiro atoms. The van der Waals surface area contributed by atoms with E-state index < -0.39 is 41.0 Å². The molecular weight excluding hydrogens is 468 g/mol. The van der Waals surface area contributed by atoms with Crippen molar-refractivity contribution in [2.45, 2.75) is 18.2 Å². The van der Waals surface area contributed by atoms with Crippen LogP contribution in [0.3, 0.4) is 0 Å². The molecule has 3 rings (SSSR count). The molecule has 1 aliphatic rings. The van der Waals surface area contributed by atoms with Gasteiger partial charge in [-0.05, 0) is 43.3 Å². The van der Waals surface area contributed by atoms with Crippen molar-refractivity contribution in [1.29, 1.82) is 0 Å². The summed E-state index contributed by atoms with van der Waals surface area (Å²) in [7, 11) is -4.03. The van der Waals surface area contributed by atoms with Gasteiger partial charge >= 0.3 is 11.9 Å². The fourth-order valence-electron chi connectivity index (χ4n) is 2.85. The summed E-state index contributed by atoms with van der Waals surface area (Å²) in [5, 5.41) is 2.50. The molecule has 182 valence electrons. The first-order valence-corrected chi connectivity index (χ1v) is 11.9. The average molecular weight is 493 g/mol. The SMILES string of the molecule is CCOC(=O)c1ccc(NC(=O)COC(=O)CNS(=O)(=O)c2ccc3c(c2)OCCCO3)cc1. The van der Waals surface area contributed by atoms with Crippen molar-refractivity contribution < 1.29 is 41.7 Å². The number of carbonyl (C=O) groups excluding carboxylic acids is 3. The number of rotatable bonds is 9. The molecule has 0 aromatic heterocycles. The van der Waals surface area contributed by atoms with Gasteiger partial charge in [0.25, 0.3) is 5.91 Å². The van der Waals surface area contributed by atoms with Gasteiger partial charge in [0.2, 0.25) is 10.0 Å². The Morgan fingerprint density at radius 3 is 2.38 bits per heavy atom. The van der Waals surface area contributed by atoms with Gasteiger partial charge in [0.1, 0.15) is 6.54 Å². The average Bonchev–Trinajstić information content (AvgIpc) is 3.07. The molecular formula is C22H24N2O9S. The van der Waals surface area contributed by atoms with Crippen LogP contribution in [-0.2, 0) is 29.1 Å². The largest absolute Gasteiger partial charge is 0.490 e. The Morgan fingerprint density at radius 2 is 1.68 bits per heavy atom. The van der Waals surface area contributed by atoms with E-state index in [0.717, 1.165) is 0 Å². The van der Waals surface area contributed by atoms with E-state index in [0.29, 0.717) is 42.4 Å². The third-order valence-electron chi connectivity index (χ3n) is 4.48.